The van der Waals surface area contributed by atoms with Crippen molar-refractivity contribution < 1.29 is 25.6 Å². The maximum atomic E-state index is 13.1. The molecule has 20 heavy (non-hydrogen) atoms. The summed E-state index contributed by atoms with van der Waals surface area (Å²) in [5, 5.41) is 0. The summed E-state index contributed by atoms with van der Waals surface area (Å²) in [5.41, 5.74) is -1.14. The number of hydrogen-bond acceptors (Lipinski definition) is 4. The molecule has 0 unspecified atom stereocenters. The first-order valence-electron chi connectivity index (χ1n) is 5.73. The van der Waals surface area contributed by atoms with E-state index in [2.05, 4.69) is 4.72 Å². The van der Waals surface area contributed by atoms with Crippen LogP contribution in [-0.4, -0.2) is 33.9 Å². The minimum Gasteiger partial charge on any atom is -0.229 e. The molecule has 0 spiro atoms. The van der Waals surface area contributed by atoms with Crippen LogP contribution < -0.4 is 4.72 Å². The normalized spacial score (nSPS) is 25.8. The molecule has 1 atom stereocenters. The number of hydrogen-bond donors (Lipinski definition) is 1. The van der Waals surface area contributed by atoms with E-state index in [1.54, 1.807) is 0 Å². The minimum absolute atomic E-state index is 0.107. The van der Waals surface area contributed by atoms with Gasteiger partial charge in [-0.05, 0) is 31.5 Å². The van der Waals surface area contributed by atoms with Crippen LogP contribution in [-0.2, 0) is 19.9 Å². The van der Waals surface area contributed by atoms with E-state index in [0.29, 0.717) is 12.1 Å². The first-order valence-corrected chi connectivity index (χ1v) is 9.03. The second-order valence-corrected chi connectivity index (χ2v) is 8.95. The van der Waals surface area contributed by atoms with E-state index in [0.717, 1.165) is 6.07 Å². The highest BCUT2D eigenvalue weighted by Crippen LogP contribution is 2.25. The predicted octanol–water partition coefficient (Wildman–Crippen LogP) is 0.820. The molecule has 1 heterocycles. The van der Waals surface area contributed by atoms with Gasteiger partial charge in [0.2, 0.25) is 10.0 Å². The number of halogens is 2. The van der Waals surface area contributed by atoms with Crippen molar-refractivity contribution in [3.8, 4) is 0 Å². The highest BCUT2D eigenvalue weighted by molar-refractivity contribution is 7.92. The van der Waals surface area contributed by atoms with Crippen LogP contribution in [0.3, 0.4) is 0 Å². The Morgan fingerprint density at radius 3 is 2.40 bits per heavy atom. The van der Waals surface area contributed by atoms with Gasteiger partial charge in [-0.2, -0.15) is 0 Å². The molecule has 2 rings (SSSR count). The van der Waals surface area contributed by atoms with Gasteiger partial charge in [-0.3, -0.25) is 0 Å². The molecule has 112 valence electrons. The zero-order valence-electron chi connectivity index (χ0n) is 10.6. The van der Waals surface area contributed by atoms with Gasteiger partial charge in [-0.25, -0.2) is 30.3 Å². The third kappa shape index (κ3) is 3.15. The van der Waals surface area contributed by atoms with Crippen LogP contribution in [0.4, 0.5) is 8.78 Å². The number of sulfone groups is 1. The zero-order chi connectivity index (χ0) is 15.2. The third-order valence-corrected chi connectivity index (χ3v) is 6.62. The zero-order valence-corrected chi connectivity index (χ0v) is 12.2. The summed E-state index contributed by atoms with van der Waals surface area (Å²) in [7, 11) is -7.40. The van der Waals surface area contributed by atoms with E-state index in [1.807, 2.05) is 0 Å². The summed E-state index contributed by atoms with van der Waals surface area (Å²) >= 11 is 0. The predicted molar refractivity (Wildman–Crippen MR) is 68.4 cm³/mol. The number of sulfonamides is 1. The fourth-order valence-corrected chi connectivity index (χ4v) is 5.75. The Kier molecular flexibility index (Phi) is 3.64. The molecule has 1 N–H and O–H groups in total. The van der Waals surface area contributed by atoms with E-state index in [9.17, 15) is 25.6 Å². The molecular formula is C11H13F2NO4S2. The molecule has 1 aromatic rings. The van der Waals surface area contributed by atoms with E-state index in [4.69, 9.17) is 0 Å². The Labute approximate surface area is 116 Å². The molecule has 1 fully saturated rings. The molecule has 1 aliphatic rings. The lowest BCUT2D eigenvalue weighted by Gasteiger charge is -2.23. The lowest BCUT2D eigenvalue weighted by atomic mass is 10.0. The maximum Gasteiger partial charge on any atom is 0.241 e. The second-order valence-electron chi connectivity index (χ2n) is 5.08. The molecule has 5 nitrogen and oxygen atoms in total. The van der Waals surface area contributed by atoms with E-state index >= 15 is 0 Å². The number of rotatable bonds is 3. The van der Waals surface area contributed by atoms with Gasteiger partial charge in [0.05, 0.1) is 16.4 Å². The molecular weight excluding hydrogens is 312 g/mol. The summed E-state index contributed by atoms with van der Waals surface area (Å²) in [6.07, 6.45) is 0.137. The lowest BCUT2D eigenvalue weighted by Crippen LogP contribution is -2.46. The fourth-order valence-electron chi connectivity index (χ4n) is 2.12. The summed E-state index contributed by atoms with van der Waals surface area (Å²) in [4.78, 5) is -0.443. The largest absolute Gasteiger partial charge is 0.241 e. The van der Waals surface area contributed by atoms with Gasteiger partial charge in [-0.1, -0.05) is 0 Å². The molecule has 0 aliphatic carbocycles. The second kappa shape index (κ2) is 4.74. The smallest absolute Gasteiger partial charge is 0.229 e. The quantitative estimate of drug-likeness (QED) is 0.892. The highest BCUT2D eigenvalue weighted by Gasteiger charge is 2.41. The van der Waals surface area contributed by atoms with E-state index in [1.165, 1.54) is 6.92 Å². The van der Waals surface area contributed by atoms with Crippen molar-refractivity contribution in [1.82, 2.24) is 4.72 Å². The summed E-state index contributed by atoms with van der Waals surface area (Å²) in [5.74, 6) is -2.86. The van der Waals surface area contributed by atoms with Gasteiger partial charge in [0, 0.05) is 5.54 Å². The van der Waals surface area contributed by atoms with Crippen molar-refractivity contribution in [1.29, 1.82) is 0 Å². The molecule has 0 aromatic heterocycles. The van der Waals surface area contributed by atoms with Crippen molar-refractivity contribution in [3.05, 3.63) is 29.8 Å². The van der Waals surface area contributed by atoms with Crippen LogP contribution in [0.2, 0.25) is 0 Å². The van der Waals surface area contributed by atoms with E-state index in [-0.39, 0.29) is 17.9 Å². The Morgan fingerprint density at radius 1 is 1.25 bits per heavy atom. The SMILES string of the molecule is C[C@]1(NS(=O)(=O)c2ccc(F)c(F)c2)CCS(=O)(=O)C1. The molecule has 0 saturated carbocycles. The monoisotopic (exact) mass is 325 g/mol. The summed E-state index contributed by atoms with van der Waals surface area (Å²) < 4.78 is 75.1. The van der Waals surface area contributed by atoms with Crippen LogP contribution >= 0.6 is 0 Å². The van der Waals surface area contributed by atoms with Gasteiger partial charge in [0.1, 0.15) is 0 Å². The van der Waals surface area contributed by atoms with Crippen molar-refractivity contribution in [3.63, 3.8) is 0 Å². The van der Waals surface area contributed by atoms with Gasteiger partial charge >= 0.3 is 0 Å². The van der Waals surface area contributed by atoms with Crippen LogP contribution in [0.15, 0.2) is 23.1 Å². The average Bonchev–Trinajstić information content (AvgIpc) is 2.55. The minimum atomic E-state index is -4.11. The average molecular weight is 325 g/mol. The molecule has 0 bridgehead atoms. The number of benzene rings is 1. The van der Waals surface area contributed by atoms with Gasteiger partial charge < -0.3 is 0 Å². The van der Waals surface area contributed by atoms with Crippen molar-refractivity contribution in [2.45, 2.75) is 23.8 Å². The fraction of sp³-hybridized carbons (Fsp3) is 0.455. The molecule has 1 aromatic carbocycles. The topological polar surface area (TPSA) is 80.3 Å². The summed E-state index contributed by atoms with van der Waals surface area (Å²) in [6, 6.07) is 2.19. The molecule has 0 amide bonds. The molecule has 9 heteroatoms. The van der Waals surface area contributed by atoms with Gasteiger partial charge in [0.15, 0.2) is 21.5 Å². The Hall–Kier alpha value is -1.06. The Bertz CT molecular complexity index is 746. The highest BCUT2D eigenvalue weighted by atomic mass is 32.2. The van der Waals surface area contributed by atoms with Gasteiger partial charge in [0.25, 0.3) is 0 Å². The van der Waals surface area contributed by atoms with Crippen molar-refractivity contribution in [2.24, 2.45) is 0 Å². The standard InChI is InChI=1S/C11H13F2NO4S2/c1-11(4-5-19(15,16)7-11)14-20(17,18)8-2-3-9(12)10(13)6-8/h2-3,6,14H,4-5,7H2,1H3/t11-/m0/s1. The van der Waals surface area contributed by atoms with Gasteiger partial charge in [-0.15, -0.1) is 0 Å². The van der Waals surface area contributed by atoms with Crippen LogP contribution in [0.1, 0.15) is 13.3 Å². The first-order chi connectivity index (χ1) is 9.03. The van der Waals surface area contributed by atoms with Crippen LogP contribution in [0.5, 0.6) is 0 Å². The summed E-state index contributed by atoms with van der Waals surface area (Å²) in [6.45, 7) is 1.47. The molecule has 1 aliphatic heterocycles. The van der Waals surface area contributed by atoms with Crippen LogP contribution in [0.25, 0.3) is 0 Å². The molecule has 1 saturated heterocycles. The van der Waals surface area contributed by atoms with Crippen LogP contribution in [0, 0.1) is 11.6 Å². The maximum absolute atomic E-state index is 13.1. The Balaban J connectivity index is 2.30. The Morgan fingerprint density at radius 2 is 1.90 bits per heavy atom. The van der Waals surface area contributed by atoms with E-state index < -0.39 is 41.9 Å². The number of nitrogens with one attached hydrogen (secondary N) is 1. The third-order valence-electron chi connectivity index (χ3n) is 3.09. The van der Waals surface area contributed by atoms with Crippen molar-refractivity contribution >= 4 is 19.9 Å². The first kappa shape index (κ1) is 15.3. The lowest BCUT2D eigenvalue weighted by molar-refractivity contribution is 0.460. The molecule has 0 radical (unpaired) electrons. The van der Waals surface area contributed by atoms with Crippen molar-refractivity contribution in [2.75, 3.05) is 11.5 Å².